The van der Waals surface area contributed by atoms with Gasteiger partial charge < -0.3 is 9.84 Å². The number of ether oxygens (including phenoxy) is 1. The fourth-order valence-corrected chi connectivity index (χ4v) is 4.15. The topological polar surface area (TPSA) is 29.5 Å². The van der Waals surface area contributed by atoms with Crippen molar-refractivity contribution in [1.29, 1.82) is 0 Å². The molecule has 1 aliphatic heterocycles. The predicted octanol–water partition coefficient (Wildman–Crippen LogP) is 5.29. The number of fused-ring (bicyclic) bond motifs is 3. The minimum Gasteiger partial charge on any atom is -0.488 e. The normalized spacial score (nSPS) is 19.0. The maximum atomic E-state index is 13.8. The van der Waals surface area contributed by atoms with Crippen LogP contribution in [0.5, 0.6) is 5.75 Å². The third-order valence-corrected chi connectivity index (χ3v) is 5.50. The molecule has 0 fully saturated rings. The summed E-state index contributed by atoms with van der Waals surface area (Å²) in [6, 6.07) is 18.9. The zero-order chi connectivity index (χ0) is 18.4. The van der Waals surface area contributed by atoms with E-state index in [1.807, 2.05) is 30.3 Å². The van der Waals surface area contributed by atoms with Gasteiger partial charge in [0.2, 0.25) is 0 Å². The van der Waals surface area contributed by atoms with Gasteiger partial charge in [0, 0.05) is 11.6 Å². The van der Waals surface area contributed by atoms with Crippen LogP contribution in [0, 0.1) is 5.82 Å². The Morgan fingerprint density at radius 1 is 1.00 bits per heavy atom. The number of rotatable bonds is 1. The molecule has 0 bridgehead atoms. The Hall–Kier alpha value is -2.91. The Morgan fingerprint density at radius 2 is 1.89 bits per heavy atom. The second-order valence-electron chi connectivity index (χ2n) is 7.11. The third kappa shape index (κ3) is 2.75. The van der Waals surface area contributed by atoms with Gasteiger partial charge in [-0.2, -0.15) is 0 Å². The van der Waals surface area contributed by atoms with E-state index in [9.17, 15) is 9.50 Å². The Kier molecular flexibility index (Phi) is 3.83. The van der Waals surface area contributed by atoms with Crippen LogP contribution in [0.3, 0.4) is 0 Å². The lowest BCUT2D eigenvalue weighted by molar-refractivity contribution is 0.180. The number of aliphatic hydroxyl groups excluding tert-OH is 1. The van der Waals surface area contributed by atoms with Crippen molar-refractivity contribution >= 4 is 11.6 Å². The molecule has 3 heteroatoms. The highest BCUT2D eigenvalue weighted by molar-refractivity contribution is 5.95. The van der Waals surface area contributed by atoms with Gasteiger partial charge >= 0.3 is 0 Å². The van der Waals surface area contributed by atoms with Crippen LogP contribution in [-0.4, -0.2) is 5.11 Å². The van der Waals surface area contributed by atoms with Crippen molar-refractivity contribution in [2.75, 3.05) is 0 Å². The maximum absolute atomic E-state index is 13.8. The first-order valence-corrected chi connectivity index (χ1v) is 9.23. The molecule has 27 heavy (non-hydrogen) atoms. The lowest BCUT2D eigenvalue weighted by Crippen LogP contribution is -1.95. The van der Waals surface area contributed by atoms with Gasteiger partial charge in [-0.05, 0) is 64.4 Å². The molecule has 0 saturated carbocycles. The van der Waals surface area contributed by atoms with Crippen LogP contribution >= 0.6 is 0 Å². The zero-order valence-electron chi connectivity index (χ0n) is 14.8. The van der Waals surface area contributed by atoms with Gasteiger partial charge in [-0.15, -0.1) is 0 Å². The van der Waals surface area contributed by atoms with Crippen molar-refractivity contribution in [3.05, 3.63) is 99.9 Å². The summed E-state index contributed by atoms with van der Waals surface area (Å²) in [6.07, 6.45) is 3.40. The van der Waals surface area contributed by atoms with Crippen molar-refractivity contribution in [2.45, 2.75) is 25.6 Å². The monoisotopic (exact) mass is 358 g/mol. The van der Waals surface area contributed by atoms with E-state index in [2.05, 4.69) is 18.2 Å². The Balaban J connectivity index is 1.76. The standard InChI is InChI=1S/C24H19FO2/c25-17-8-9-21-22(12-15-5-3-7-20-19(15)10-11-23(20)26)18-6-2-1-4-16(18)14-27-24(21)13-17/h1-9,12-13,23,26H,10-11,14H2/b22-12+. The van der Waals surface area contributed by atoms with Crippen molar-refractivity contribution in [1.82, 2.24) is 0 Å². The highest BCUT2D eigenvalue weighted by atomic mass is 19.1. The molecule has 1 atom stereocenters. The van der Waals surface area contributed by atoms with E-state index < -0.39 is 0 Å². The molecular weight excluding hydrogens is 339 g/mol. The van der Waals surface area contributed by atoms with E-state index >= 15 is 0 Å². The summed E-state index contributed by atoms with van der Waals surface area (Å²) in [5, 5.41) is 10.2. The number of halogens is 1. The van der Waals surface area contributed by atoms with E-state index in [-0.39, 0.29) is 11.9 Å². The molecule has 1 heterocycles. The summed E-state index contributed by atoms with van der Waals surface area (Å²) in [5.41, 5.74) is 7.40. The van der Waals surface area contributed by atoms with Crippen LogP contribution in [0.15, 0.2) is 60.7 Å². The molecule has 0 saturated heterocycles. The average molecular weight is 358 g/mol. The minimum absolute atomic E-state index is 0.303. The van der Waals surface area contributed by atoms with Crippen molar-refractivity contribution in [3.8, 4) is 5.75 Å². The molecule has 0 amide bonds. The quantitative estimate of drug-likeness (QED) is 0.641. The number of benzene rings is 3. The molecule has 134 valence electrons. The smallest absolute Gasteiger partial charge is 0.130 e. The average Bonchev–Trinajstić information content (AvgIpc) is 3.00. The van der Waals surface area contributed by atoms with Gasteiger partial charge in [0.05, 0.1) is 6.10 Å². The predicted molar refractivity (Wildman–Crippen MR) is 104 cm³/mol. The highest BCUT2D eigenvalue weighted by Crippen LogP contribution is 2.40. The van der Waals surface area contributed by atoms with E-state index in [4.69, 9.17) is 4.74 Å². The molecule has 1 unspecified atom stereocenters. The third-order valence-electron chi connectivity index (χ3n) is 5.50. The first kappa shape index (κ1) is 16.3. The zero-order valence-corrected chi connectivity index (χ0v) is 14.8. The molecule has 0 radical (unpaired) electrons. The van der Waals surface area contributed by atoms with Crippen LogP contribution in [0.4, 0.5) is 4.39 Å². The van der Waals surface area contributed by atoms with Gasteiger partial charge in [-0.1, -0.05) is 42.5 Å². The van der Waals surface area contributed by atoms with Crippen LogP contribution in [-0.2, 0) is 13.0 Å². The molecule has 2 aliphatic rings. The van der Waals surface area contributed by atoms with Crippen LogP contribution < -0.4 is 4.74 Å². The fraction of sp³-hybridized carbons (Fsp3) is 0.167. The number of aliphatic hydroxyl groups is 1. The lowest BCUT2D eigenvalue weighted by atomic mass is 9.91. The van der Waals surface area contributed by atoms with Crippen LogP contribution in [0.25, 0.3) is 11.6 Å². The van der Waals surface area contributed by atoms with E-state index in [1.165, 1.54) is 17.7 Å². The molecular formula is C24H19FO2. The molecule has 1 aliphatic carbocycles. The second kappa shape index (κ2) is 6.36. The minimum atomic E-state index is -0.385. The maximum Gasteiger partial charge on any atom is 0.130 e. The molecule has 0 aromatic heterocycles. The van der Waals surface area contributed by atoms with Gasteiger partial charge in [0.25, 0.3) is 0 Å². The summed E-state index contributed by atoms with van der Waals surface area (Å²) >= 11 is 0. The van der Waals surface area contributed by atoms with E-state index in [1.54, 1.807) is 6.07 Å². The van der Waals surface area contributed by atoms with Crippen molar-refractivity contribution in [3.63, 3.8) is 0 Å². The summed E-state index contributed by atoms with van der Waals surface area (Å²) in [4.78, 5) is 0. The highest BCUT2D eigenvalue weighted by Gasteiger charge is 2.24. The van der Waals surface area contributed by atoms with Gasteiger partial charge in [-0.3, -0.25) is 0 Å². The van der Waals surface area contributed by atoms with Crippen LogP contribution in [0.2, 0.25) is 0 Å². The van der Waals surface area contributed by atoms with E-state index in [0.29, 0.717) is 12.4 Å². The summed E-state index contributed by atoms with van der Waals surface area (Å²) in [7, 11) is 0. The Labute approximate surface area is 157 Å². The first-order valence-electron chi connectivity index (χ1n) is 9.23. The van der Waals surface area contributed by atoms with E-state index in [0.717, 1.165) is 46.2 Å². The molecule has 5 rings (SSSR count). The van der Waals surface area contributed by atoms with Gasteiger partial charge in [0.1, 0.15) is 18.2 Å². The second-order valence-corrected chi connectivity index (χ2v) is 7.11. The Morgan fingerprint density at radius 3 is 2.81 bits per heavy atom. The van der Waals surface area contributed by atoms with Crippen LogP contribution in [0.1, 0.15) is 45.9 Å². The molecule has 3 aromatic rings. The molecule has 0 spiro atoms. The van der Waals surface area contributed by atoms with Crippen molar-refractivity contribution < 1.29 is 14.2 Å². The fourth-order valence-electron chi connectivity index (χ4n) is 4.15. The first-order chi connectivity index (χ1) is 13.2. The van der Waals surface area contributed by atoms with Crippen molar-refractivity contribution in [2.24, 2.45) is 0 Å². The molecule has 3 aromatic carbocycles. The number of hydrogen-bond donors (Lipinski definition) is 1. The Bertz CT molecular complexity index is 1070. The van der Waals surface area contributed by atoms with Gasteiger partial charge in [0.15, 0.2) is 0 Å². The molecule has 2 nitrogen and oxygen atoms in total. The lowest BCUT2D eigenvalue weighted by Gasteiger charge is -2.13. The molecule has 1 N–H and O–H groups in total. The number of hydrogen-bond acceptors (Lipinski definition) is 2. The largest absolute Gasteiger partial charge is 0.488 e. The summed E-state index contributed by atoms with van der Waals surface area (Å²) in [6.45, 7) is 0.412. The summed E-state index contributed by atoms with van der Waals surface area (Å²) in [5.74, 6) is 0.257. The van der Waals surface area contributed by atoms with Gasteiger partial charge in [-0.25, -0.2) is 4.39 Å². The SMILES string of the molecule is OC1CCc2c(/C=C3\c4ccccc4COc4cc(F)ccc43)cccc21. The summed E-state index contributed by atoms with van der Waals surface area (Å²) < 4.78 is 19.7.